The van der Waals surface area contributed by atoms with Crippen LogP contribution in [-0.4, -0.2) is 6.43 Å². The van der Waals surface area contributed by atoms with Crippen molar-refractivity contribution in [2.75, 3.05) is 0 Å². The van der Waals surface area contributed by atoms with E-state index >= 15 is 0 Å². The second-order valence-electron chi connectivity index (χ2n) is 3.68. The zero-order valence-electron chi connectivity index (χ0n) is 8.78. The standard InChI is InChI=1S/C11H15F2N.ClH/c1-7(2)8-3-5-9(6-4-8)10(14)11(12)13;/h3-7,10-11H,14H2,1-2H3;1H/t10-;/m0./s1. The first kappa shape index (κ1) is 14.3. The molecule has 4 heteroatoms. The maximum atomic E-state index is 12.2. The van der Waals surface area contributed by atoms with Gasteiger partial charge in [-0.2, -0.15) is 0 Å². The summed E-state index contributed by atoms with van der Waals surface area (Å²) in [5.41, 5.74) is 6.94. The minimum atomic E-state index is -2.50. The van der Waals surface area contributed by atoms with Crippen LogP contribution in [0.4, 0.5) is 8.78 Å². The topological polar surface area (TPSA) is 26.0 Å². The second-order valence-corrected chi connectivity index (χ2v) is 3.68. The van der Waals surface area contributed by atoms with E-state index in [1.165, 1.54) is 0 Å². The van der Waals surface area contributed by atoms with E-state index in [1.807, 2.05) is 12.1 Å². The quantitative estimate of drug-likeness (QED) is 0.853. The van der Waals surface area contributed by atoms with Gasteiger partial charge in [0.1, 0.15) is 0 Å². The monoisotopic (exact) mass is 235 g/mol. The van der Waals surface area contributed by atoms with Gasteiger partial charge in [-0.1, -0.05) is 38.1 Å². The molecule has 86 valence electrons. The Hall–Kier alpha value is -0.670. The molecule has 0 aliphatic rings. The fourth-order valence-corrected chi connectivity index (χ4v) is 1.25. The molecule has 0 amide bonds. The number of benzene rings is 1. The van der Waals surface area contributed by atoms with Gasteiger partial charge in [-0.25, -0.2) is 8.78 Å². The van der Waals surface area contributed by atoms with Gasteiger partial charge in [0, 0.05) is 0 Å². The molecule has 0 fully saturated rings. The molecule has 1 aromatic carbocycles. The summed E-state index contributed by atoms with van der Waals surface area (Å²) in [5, 5.41) is 0. The molecule has 1 aromatic rings. The van der Waals surface area contributed by atoms with Crippen LogP contribution in [0.1, 0.15) is 36.9 Å². The molecule has 15 heavy (non-hydrogen) atoms. The van der Waals surface area contributed by atoms with Crippen LogP contribution in [0.25, 0.3) is 0 Å². The molecule has 0 saturated heterocycles. The lowest BCUT2D eigenvalue weighted by molar-refractivity contribution is 0.116. The smallest absolute Gasteiger partial charge is 0.257 e. The van der Waals surface area contributed by atoms with Crippen LogP contribution < -0.4 is 5.73 Å². The summed E-state index contributed by atoms with van der Waals surface area (Å²) in [5.74, 6) is 0.409. The molecule has 0 aromatic heterocycles. The van der Waals surface area contributed by atoms with Crippen LogP contribution in [0, 0.1) is 0 Å². The first-order chi connectivity index (χ1) is 6.52. The third kappa shape index (κ3) is 3.76. The van der Waals surface area contributed by atoms with Crippen LogP contribution in [-0.2, 0) is 0 Å². The number of hydrogen-bond acceptors (Lipinski definition) is 1. The van der Waals surface area contributed by atoms with E-state index in [9.17, 15) is 8.78 Å². The average molecular weight is 236 g/mol. The molecule has 1 atom stereocenters. The molecule has 0 spiro atoms. The molecule has 0 bridgehead atoms. The van der Waals surface area contributed by atoms with Gasteiger partial charge in [0.25, 0.3) is 6.43 Å². The van der Waals surface area contributed by atoms with Crippen LogP contribution >= 0.6 is 12.4 Å². The lowest BCUT2D eigenvalue weighted by Crippen LogP contribution is -2.18. The van der Waals surface area contributed by atoms with E-state index in [1.54, 1.807) is 12.1 Å². The predicted octanol–water partition coefficient (Wildman–Crippen LogP) is 3.50. The number of rotatable bonds is 3. The summed E-state index contributed by atoms with van der Waals surface area (Å²) >= 11 is 0. The first-order valence-corrected chi connectivity index (χ1v) is 4.66. The van der Waals surface area contributed by atoms with Crippen LogP contribution in [0.2, 0.25) is 0 Å². The molecule has 1 nitrogen and oxygen atoms in total. The third-order valence-corrected chi connectivity index (χ3v) is 2.26. The van der Waals surface area contributed by atoms with Crippen molar-refractivity contribution in [1.82, 2.24) is 0 Å². The van der Waals surface area contributed by atoms with E-state index in [0.717, 1.165) is 5.56 Å². The van der Waals surface area contributed by atoms with Gasteiger partial charge in [-0.15, -0.1) is 12.4 Å². The number of halogens is 3. The largest absolute Gasteiger partial charge is 0.319 e. The van der Waals surface area contributed by atoms with Gasteiger partial charge >= 0.3 is 0 Å². The highest BCUT2D eigenvalue weighted by atomic mass is 35.5. The molecular formula is C11H16ClF2N. The normalized spacial score (nSPS) is 12.7. The highest BCUT2D eigenvalue weighted by Gasteiger charge is 2.16. The van der Waals surface area contributed by atoms with Crippen molar-refractivity contribution in [2.45, 2.75) is 32.2 Å². The van der Waals surface area contributed by atoms with Crippen molar-refractivity contribution in [3.05, 3.63) is 35.4 Å². The minimum absolute atomic E-state index is 0. The van der Waals surface area contributed by atoms with Crippen molar-refractivity contribution in [1.29, 1.82) is 0 Å². The third-order valence-electron chi connectivity index (χ3n) is 2.26. The SMILES string of the molecule is CC(C)c1ccc([C@H](N)C(F)F)cc1.Cl. The minimum Gasteiger partial charge on any atom is -0.319 e. The van der Waals surface area contributed by atoms with Crippen molar-refractivity contribution >= 4 is 12.4 Å². The van der Waals surface area contributed by atoms with Crippen LogP contribution in [0.15, 0.2) is 24.3 Å². The van der Waals surface area contributed by atoms with E-state index in [2.05, 4.69) is 13.8 Å². The van der Waals surface area contributed by atoms with Crippen LogP contribution in [0.5, 0.6) is 0 Å². The second kappa shape index (κ2) is 6.03. The Morgan fingerprint density at radius 1 is 1.00 bits per heavy atom. The van der Waals surface area contributed by atoms with E-state index in [-0.39, 0.29) is 12.4 Å². The molecule has 1 rings (SSSR count). The van der Waals surface area contributed by atoms with Gasteiger partial charge < -0.3 is 5.73 Å². The highest BCUT2D eigenvalue weighted by Crippen LogP contribution is 2.21. The zero-order chi connectivity index (χ0) is 10.7. The number of alkyl halides is 2. The predicted molar refractivity (Wildman–Crippen MR) is 60.7 cm³/mol. The van der Waals surface area contributed by atoms with Crippen molar-refractivity contribution in [3.63, 3.8) is 0 Å². The van der Waals surface area contributed by atoms with Gasteiger partial charge in [-0.3, -0.25) is 0 Å². The summed E-state index contributed by atoms with van der Waals surface area (Å²) in [6, 6.07) is 5.87. The Bertz CT molecular complexity index is 285. The summed E-state index contributed by atoms with van der Waals surface area (Å²) < 4.78 is 24.5. The maximum absolute atomic E-state index is 12.2. The Morgan fingerprint density at radius 2 is 1.40 bits per heavy atom. The van der Waals surface area contributed by atoms with E-state index in [0.29, 0.717) is 11.5 Å². The lowest BCUT2D eigenvalue weighted by atomic mass is 9.99. The number of hydrogen-bond donors (Lipinski definition) is 1. The summed E-state index contributed by atoms with van der Waals surface area (Å²) in [7, 11) is 0. The first-order valence-electron chi connectivity index (χ1n) is 4.66. The van der Waals surface area contributed by atoms with Gasteiger partial charge in [0.2, 0.25) is 0 Å². The average Bonchev–Trinajstić information content (AvgIpc) is 2.16. The van der Waals surface area contributed by atoms with Crippen molar-refractivity contribution in [3.8, 4) is 0 Å². The summed E-state index contributed by atoms with van der Waals surface area (Å²) in [6.07, 6.45) is -2.50. The number of nitrogens with two attached hydrogens (primary N) is 1. The molecule has 0 saturated carbocycles. The highest BCUT2D eigenvalue weighted by molar-refractivity contribution is 5.85. The molecule has 0 unspecified atom stereocenters. The lowest BCUT2D eigenvalue weighted by Gasteiger charge is -2.12. The Morgan fingerprint density at radius 3 is 1.73 bits per heavy atom. The van der Waals surface area contributed by atoms with Crippen molar-refractivity contribution in [2.24, 2.45) is 5.73 Å². The fraction of sp³-hybridized carbons (Fsp3) is 0.455. The summed E-state index contributed by atoms with van der Waals surface area (Å²) in [4.78, 5) is 0. The zero-order valence-corrected chi connectivity index (χ0v) is 9.60. The van der Waals surface area contributed by atoms with E-state index < -0.39 is 12.5 Å². The van der Waals surface area contributed by atoms with Crippen molar-refractivity contribution < 1.29 is 8.78 Å². The molecule has 0 heterocycles. The maximum Gasteiger partial charge on any atom is 0.257 e. The van der Waals surface area contributed by atoms with Gasteiger partial charge in [0.05, 0.1) is 6.04 Å². The Balaban J connectivity index is 0.00000196. The molecule has 0 radical (unpaired) electrons. The molecule has 2 N–H and O–H groups in total. The van der Waals surface area contributed by atoms with Crippen LogP contribution in [0.3, 0.4) is 0 Å². The van der Waals surface area contributed by atoms with Gasteiger partial charge in [-0.05, 0) is 17.0 Å². The molecule has 0 aliphatic heterocycles. The Labute approximate surface area is 95.1 Å². The summed E-state index contributed by atoms with van der Waals surface area (Å²) in [6.45, 7) is 4.12. The molecular weight excluding hydrogens is 220 g/mol. The Kier molecular flexibility index (Phi) is 5.76. The molecule has 0 aliphatic carbocycles. The fourth-order valence-electron chi connectivity index (χ4n) is 1.25. The van der Waals surface area contributed by atoms with E-state index in [4.69, 9.17) is 5.73 Å². The van der Waals surface area contributed by atoms with Gasteiger partial charge in [0.15, 0.2) is 0 Å².